The lowest BCUT2D eigenvalue weighted by molar-refractivity contribution is -0.121. The molecule has 4 N–H and O–H groups in total. The van der Waals surface area contributed by atoms with Crippen LogP contribution in [0, 0.1) is 11.3 Å². The van der Waals surface area contributed by atoms with Crippen LogP contribution in [0.1, 0.15) is 47.0 Å². The van der Waals surface area contributed by atoms with Gasteiger partial charge in [-0.1, -0.05) is 27.7 Å². The van der Waals surface area contributed by atoms with Crippen molar-refractivity contribution in [2.24, 2.45) is 17.1 Å². The number of carbonyl (C=O) groups is 1. The second-order valence-electron chi connectivity index (χ2n) is 6.35. The van der Waals surface area contributed by atoms with Crippen molar-refractivity contribution >= 4 is 15.9 Å². The van der Waals surface area contributed by atoms with E-state index in [1.54, 1.807) is 6.92 Å². The van der Waals surface area contributed by atoms with Gasteiger partial charge in [-0.25, -0.2) is 13.1 Å². The van der Waals surface area contributed by atoms with E-state index >= 15 is 0 Å². The maximum absolute atomic E-state index is 11.8. The standard InChI is InChI=1S/C14H31N3O3S/c1-5-17-21(19,20)11-10-16-13(18)7-6-12(8-9-15)14(2,3)4/h12,17H,5-11,15H2,1-4H3,(H,16,18). The first kappa shape index (κ1) is 20.3. The van der Waals surface area contributed by atoms with Crippen LogP contribution in [0.2, 0.25) is 0 Å². The molecule has 0 spiro atoms. The van der Waals surface area contributed by atoms with E-state index in [1.165, 1.54) is 0 Å². The zero-order valence-electron chi connectivity index (χ0n) is 13.7. The first-order valence-electron chi connectivity index (χ1n) is 7.56. The molecule has 0 aliphatic rings. The molecule has 0 bridgehead atoms. The van der Waals surface area contributed by atoms with Crippen LogP contribution in [-0.4, -0.2) is 39.7 Å². The highest BCUT2D eigenvalue weighted by atomic mass is 32.2. The Hall–Kier alpha value is -0.660. The molecule has 0 saturated heterocycles. The first-order chi connectivity index (χ1) is 9.62. The van der Waals surface area contributed by atoms with Crippen molar-refractivity contribution in [3.63, 3.8) is 0 Å². The Labute approximate surface area is 129 Å². The third-order valence-electron chi connectivity index (χ3n) is 3.52. The summed E-state index contributed by atoms with van der Waals surface area (Å²) in [7, 11) is -3.27. The molecule has 1 atom stereocenters. The van der Waals surface area contributed by atoms with Gasteiger partial charge in [0.15, 0.2) is 0 Å². The van der Waals surface area contributed by atoms with Gasteiger partial charge in [0.05, 0.1) is 5.75 Å². The maximum atomic E-state index is 11.8. The van der Waals surface area contributed by atoms with Gasteiger partial charge >= 0.3 is 0 Å². The van der Waals surface area contributed by atoms with Gasteiger partial charge < -0.3 is 11.1 Å². The fourth-order valence-electron chi connectivity index (χ4n) is 2.22. The Bertz CT molecular complexity index is 402. The fourth-order valence-corrected chi connectivity index (χ4v) is 3.18. The number of hydrogen-bond donors (Lipinski definition) is 3. The lowest BCUT2D eigenvalue weighted by Crippen LogP contribution is -2.34. The van der Waals surface area contributed by atoms with E-state index < -0.39 is 10.0 Å². The van der Waals surface area contributed by atoms with E-state index in [9.17, 15) is 13.2 Å². The van der Waals surface area contributed by atoms with Gasteiger partial charge in [0.2, 0.25) is 15.9 Å². The predicted octanol–water partition coefficient (Wildman–Crippen LogP) is 0.833. The predicted molar refractivity (Wildman–Crippen MR) is 86.3 cm³/mol. The fraction of sp³-hybridized carbons (Fsp3) is 0.929. The van der Waals surface area contributed by atoms with Crippen LogP contribution in [0.5, 0.6) is 0 Å². The van der Waals surface area contributed by atoms with Crippen LogP contribution in [0.4, 0.5) is 0 Å². The van der Waals surface area contributed by atoms with Crippen molar-refractivity contribution in [2.45, 2.75) is 47.0 Å². The zero-order valence-corrected chi connectivity index (χ0v) is 14.6. The van der Waals surface area contributed by atoms with Gasteiger partial charge in [0.1, 0.15) is 0 Å². The van der Waals surface area contributed by atoms with Crippen molar-refractivity contribution < 1.29 is 13.2 Å². The van der Waals surface area contributed by atoms with Gasteiger partial charge in [0, 0.05) is 19.5 Å². The van der Waals surface area contributed by atoms with E-state index in [4.69, 9.17) is 5.73 Å². The second kappa shape index (κ2) is 9.38. The minimum atomic E-state index is -3.27. The molecule has 0 aliphatic carbocycles. The molecule has 7 heteroatoms. The number of hydrogen-bond acceptors (Lipinski definition) is 4. The van der Waals surface area contributed by atoms with E-state index in [1.807, 2.05) is 0 Å². The molecule has 0 aromatic heterocycles. The summed E-state index contributed by atoms with van der Waals surface area (Å²) in [5, 5.41) is 2.66. The number of rotatable bonds is 10. The normalized spacial score (nSPS) is 14.0. The minimum absolute atomic E-state index is 0.0852. The molecule has 0 aromatic rings. The van der Waals surface area contributed by atoms with Crippen LogP contribution in [0.3, 0.4) is 0 Å². The number of sulfonamides is 1. The molecule has 1 unspecified atom stereocenters. The average Bonchev–Trinajstić information content (AvgIpc) is 2.32. The summed E-state index contributed by atoms with van der Waals surface area (Å²) in [6, 6.07) is 0. The van der Waals surface area contributed by atoms with Crippen LogP contribution >= 0.6 is 0 Å². The second-order valence-corrected chi connectivity index (χ2v) is 8.27. The molecule has 1 amide bonds. The van der Waals surface area contributed by atoms with Crippen molar-refractivity contribution in [1.29, 1.82) is 0 Å². The number of nitrogens with two attached hydrogens (primary N) is 1. The Morgan fingerprint density at radius 3 is 2.33 bits per heavy atom. The van der Waals surface area contributed by atoms with Crippen LogP contribution in [-0.2, 0) is 14.8 Å². The Balaban J connectivity index is 4.10. The van der Waals surface area contributed by atoms with Crippen LogP contribution in [0.25, 0.3) is 0 Å². The van der Waals surface area contributed by atoms with Gasteiger partial charge in [-0.05, 0) is 30.7 Å². The molecule has 0 heterocycles. The maximum Gasteiger partial charge on any atom is 0.220 e. The first-order valence-corrected chi connectivity index (χ1v) is 9.21. The Morgan fingerprint density at radius 2 is 1.86 bits per heavy atom. The summed E-state index contributed by atoms with van der Waals surface area (Å²) in [5.41, 5.74) is 5.73. The molecule has 0 fully saturated rings. The highest BCUT2D eigenvalue weighted by Crippen LogP contribution is 2.31. The summed E-state index contributed by atoms with van der Waals surface area (Å²) < 4.78 is 25.2. The summed E-state index contributed by atoms with van der Waals surface area (Å²) in [5.74, 6) is 0.199. The number of carbonyl (C=O) groups excluding carboxylic acids is 1. The molecule has 21 heavy (non-hydrogen) atoms. The number of nitrogens with one attached hydrogen (secondary N) is 2. The summed E-state index contributed by atoms with van der Waals surface area (Å²) in [6.45, 7) is 9.29. The smallest absolute Gasteiger partial charge is 0.220 e. The lowest BCUT2D eigenvalue weighted by Gasteiger charge is -2.30. The van der Waals surface area contributed by atoms with E-state index in [-0.39, 0.29) is 23.6 Å². The quantitative estimate of drug-likeness (QED) is 0.555. The van der Waals surface area contributed by atoms with Gasteiger partial charge in [-0.15, -0.1) is 0 Å². The molecule has 0 saturated carbocycles. The molecule has 0 aromatic carbocycles. The van der Waals surface area contributed by atoms with Crippen LogP contribution < -0.4 is 15.8 Å². The molecule has 126 valence electrons. The van der Waals surface area contributed by atoms with E-state index in [0.717, 1.165) is 12.8 Å². The van der Waals surface area contributed by atoms with Crippen molar-refractivity contribution in [2.75, 3.05) is 25.4 Å². The highest BCUT2D eigenvalue weighted by molar-refractivity contribution is 7.89. The Morgan fingerprint density at radius 1 is 1.24 bits per heavy atom. The monoisotopic (exact) mass is 321 g/mol. The van der Waals surface area contributed by atoms with Crippen molar-refractivity contribution in [1.82, 2.24) is 10.0 Å². The highest BCUT2D eigenvalue weighted by Gasteiger charge is 2.24. The minimum Gasteiger partial charge on any atom is -0.355 e. The molecule has 0 radical (unpaired) electrons. The Kier molecular flexibility index (Phi) is 9.08. The van der Waals surface area contributed by atoms with Gasteiger partial charge in [0.25, 0.3) is 0 Å². The zero-order chi connectivity index (χ0) is 16.5. The molecule has 0 rings (SSSR count). The number of amides is 1. The van der Waals surface area contributed by atoms with Crippen LogP contribution in [0.15, 0.2) is 0 Å². The summed E-state index contributed by atoms with van der Waals surface area (Å²) >= 11 is 0. The average molecular weight is 321 g/mol. The molecular weight excluding hydrogens is 290 g/mol. The summed E-state index contributed by atoms with van der Waals surface area (Å²) in [4.78, 5) is 11.8. The van der Waals surface area contributed by atoms with Crippen molar-refractivity contribution in [3.8, 4) is 0 Å². The van der Waals surface area contributed by atoms with Crippen molar-refractivity contribution in [3.05, 3.63) is 0 Å². The third kappa shape index (κ3) is 9.82. The van der Waals surface area contributed by atoms with Gasteiger partial charge in [-0.3, -0.25) is 4.79 Å². The SMILES string of the molecule is CCNS(=O)(=O)CCNC(=O)CCC(CCN)C(C)(C)C. The lowest BCUT2D eigenvalue weighted by atomic mass is 9.76. The van der Waals surface area contributed by atoms with E-state index in [2.05, 4.69) is 30.8 Å². The third-order valence-corrected chi connectivity index (χ3v) is 4.99. The largest absolute Gasteiger partial charge is 0.355 e. The topological polar surface area (TPSA) is 101 Å². The van der Waals surface area contributed by atoms with Gasteiger partial charge in [-0.2, -0.15) is 0 Å². The molecule has 6 nitrogen and oxygen atoms in total. The molecular formula is C14H31N3O3S. The summed E-state index contributed by atoms with van der Waals surface area (Å²) in [6.07, 6.45) is 2.07. The van der Waals surface area contributed by atoms with E-state index in [0.29, 0.717) is 25.4 Å². The molecule has 0 aliphatic heterocycles.